The quantitative estimate of drug-likeness (QED) is 0.752. The normalized spacial score (nSPS) is 17.5. The van der Waals surface area contributed by atoms with Crippen molar-refractivity contribution in [1.82, 2.24) is 9.80 Å². The fourth-order valence-electron chi connectivity index (χ4n) is 3.69. The van der Waals surface area contributed by atoms with Crippen LogP contribution < -0.4 is 10.1 Å². The van der Waals surface area contributed by atoms with Crippen molar-refractivity contribution >= 4 is 11.6 Å². The van der Waals surface area contributed by atoms with E-state index in [1.165, 1.54) is 0 Å². The molecule has 1 aliphatic heterocycles. The molecule has 2 aromatic rings. The highest BCUT2D eigenvalue weighted by molar-refractivity contribution is 5.93. The number of nitrogens with one attached hydrogen (secondary N) is 1. The maximum Gasteiger partial charge on any atom is 0.238 e. The molecule has 6 heteroatoms. The summed E-state index contributed by atoms with van der Waals surface area (Å²) >= 11 is 0. The summed E-state index contributed by atoms with van der Waals surface area (Å²) in [6, 6.07) is 15.6. The zero-order chi connectivity index (χ0) is 20.8. The van der Waals surface area contributed by atoms with Gasteiger partial charge in [0.25, 0.3) is 0 Å². The lowest BCUT2D eigenvalue weighted by Gasteiger charge is -2.39. The van der Waals surface area contributed by atoms with Gasteiger partial charge in [-0.3, -0.25) is 14.6 Å². The van der Waals surface area contributed by atoms with Crippen LogP contribution in [-0.4, -0.2) is 65.9 Å². The average Bonchev–Trinajstić information content (AvgIpc) is 2.70. The fourth-order valence-corrected chi connectivity index (χ4v) is 3.69. The van der Waals surface area contributed by atoms with E-state index >= 15 is 0 Å². The summed E-state index contributed by atoms with van der Waals surface area (Å²) in [5.41, 5.74) is 3.04. The molecule has 29 heavy (non-hydrogen) atoms. The number of benzene rings is 2. The van der Waals surface area contributed by atoms with Crippen LogP contribution in [0, 0.1) is 13.8 Å². The number of anilines is 1. The number of ether oxygens (including phenoxy) is 1. The van der Waals surface area contributed by atoms with E-state index in [2.05, 4.69) is 15.1 Å². The highest BCUT2D eigenvalue weighted by atomic mass is 16.5. The van der Waals surface area contributed by atoms with E-state index in [0.29, 0.717) is 6.54 Å². The summed E-state index contributed by atoms with van der Waals surface area (Å²) < 4.78 is 6.02. The van der Waals surface area contributed by atoms with Crippen LogP contribution in [0.3, 0.4) is 0 Å². The van der Waals surface area contributed by atoms with Gasteiger partial charge < -0.3 is 15.2 Å². The molecular weight excluding hydrogens is 366 g/mol. The summed E-state index contributed by atoms with van der Waals surface area (Å²) in [6.07, 6.45) is -1.02. The first kappa shape index (κ1) is 21.3. The Morgan fingerprint density at radius 3 is 2.24 bits per heavy atom. The van der Waals surface area contributed by atoms with E-state index in [9.17, 15) is 9.90 Å². The first-order valence-electron chi connectivity index (χ1n) is 10.2. The van der Waals surface area contributed by atoms with Gasteiger partial charge >= 0.3 is 0 Å². The predicted molar refractivity (Wildman–Crippen MR) is 115 cm³/mol. The van der Waals surface area contributed by atoms with E-state index in [4.69, 9.17) is 4.74 Å². The molecule has 6 nitrogen and oxygen atoms in total. The van der Waals surface area contributed by atoms with Crippen LogP contribution in [0.15, 0.2) is 48.5 Å². The minimum Gasteiger partial charge on any atom is -0.472 e. The highest BCUT2D eigenvalue weighted by Crippen LogP contribution is 2.20. The van der Waals surface area contributed by atoms with Crippen LogP contribution >= 0.6 is 0 Å². The van der Waals surface area contributed by atoms with Crippen molar-refractivity contribution in [1.29, 1.82) is 0 Å². The number of hydrogen-bond donors (Lipinski definition) is 2. The Balaban J connectivity index is 1.52. The van der Waals surface area contributed by atoms with Crippen molar-refractivity contribution in [3.05, 3.63) is 59.7 Å². The smallest absolute Gasteiger partial charge is 0.238 e. The molecule has 3 rings (SSSR count). The van der Waals surface area contributed by atoms with Crippen LogP contribution in [0.1, 0.15) is 18.1 Å². The van der Waals surface area contributed by atoms with Gasteiger partial charge in [-0.25, -0.2) is 0 Å². The lowest BCUT2D eigenvalue weighted by Crippen LogP contribution is -2.56. The number of aryl methyl sites for hydroxylation is 2. The summed E-state index contributed by atoms with van der Waals surface area (Å²) in [4.78, 5) is 16.8. The molecule has 0 saturated carbocycles. The molecule has 2 aromatic carbocycles. The second-order valence-electron chi connectivity index (χ2n) is 7.69. The molecule has 2 unspecified atom stereocenters. The number of carbonyl (C=O) groups excluding carboxylic acids is 1. The Kier molecular flexibility index (Phi) is 7.25. The SMILES string of the molecule is Cc1cccc(C)c1NC(=O)CN1CCN(C(Oc2ccccc2)C(C)O)CC1. The third-order valence-electron chi connectivity index (χ3n) is 5.29. The molecule has 1 saturated heterocycles. The number of aliphatic hydroxyl groups is 1. The van der Waals surface area contributed by atoms with E-state index in [0.717, 1.165) is 48.7 Å². The minimum atomic E-state index is -0.617. The largest absolute Gasteiger partial charge is 0.472 e. The molecule has 0 aromatic heterocycles. The van der Waals surface area contributed by atoms with Crippen molar-refractivity contribution < 1.29 is 14.6 Å². The number of amides is 1. The first-order valence-corrected chi connectivity index (χ1v) is 10.2. The minimum absolute atomic E-state index is 0.00321. The van der Waals surface area contributed by atoms with Crippen LogP contribution in [0.5, 0.6) is 5.75 Å². The maximum absolute atomic E-state index is 12.5. The molecular formula is C23H31N3O3. The van der Waals surface area contributed by atoms with Crippen LogP contribution in [0.2, 0.25) is 0 Å². The molecule has 1 fully saturated rings. The highest BCUT2D eigenvalue weighted by Gasteiger charge is 2.29. The second-order valence-corrected chi connectivity index (χ2v) is 7.69. The third-order valence-corrected chi connectivity index (χ3v) is 5.29. The van der Waals surface area contributed by atoms with E-state index in [1.54, 1.807) is 6.92 Å². The second kappa shape index (κ2) is 9.87. The van der Waals surface area contributed by atoms with E-state index < -0.39 is 12.3 Å². The summed E-state index contributed by atoms with van der Waals surface area (Å²) in [5, 5.41) is 13.3. The van der Waals surface area contributed by atoms with Crippen LogP contribution in [-0.2, 0) is 4.79 Å². The van der Waals surface area contributed by atoms with Gasteiger partial charge in [-0.05, 0) is 44.0 Å². The van der Waals surface area contributed by atoms with Gasteiger partial charge in [0.2, 0.25) is 5.91 Å². The van der Waals surface area contributed by atoms with Gasteiger partial charge in [-0.2, -0.15) is 0 Å². The molecule has 1 heterocycles. The van der Waals surface area contributed by atoms with Crippen molar-refractivity contribution in [2.75, 3.05) is 38.0 Å². The Morgan fingerprint density at radius 1 is 1.03 bits per heavy atom. The van der Waals surface area contributed by atoms with Crippen molar-refractivity contribution in [3.63, 3.8) is 0 Å². The predicted octanol–water partition coefficient (Wildman–Crippen LogP) is 2.65. The molecule has 0 bridgehead atoms. The van der Waals surface area contributed by atoms with Crippen molar-refractivity contribution in [2.45, 2.75) is 33.1 Å². The number of hydrogen-bond acceptors (Lipinski definition) is 5. The number of nitrogens with zero attached hydrogens (tertiary/aromatic N) is 2. The van der Waals surface area contributed by atoms with Crippen LogP contribution in [0.4, 0.5) is 5.69 Å². The molecule has 2 atom stereocenters. The van der Waals surface area contributed by atoms with Gasteiger partial charge in [-0.15, -0.1) is 0 Å². The summed E-state index contributed by atoms with van der Waals surface area (Å²) in [7, 11) is 0. The standard InChI is InChI=1S/C23H31N3O3/c1-17-8-7-9-18(2)22(17)24-21(28)16-25-12-14-26(15-13-25)23(19(3)27)29-20-10-5-4-6-11-20/h4-11,19,23,27H,12-16H2,1-3H3,(H,24,28). The van der Waals surface area contributed by atoms with E-state index in [-0.39, 0.29) is 5.91 Å². The van der Waals surface area contributed by atoms with Gasteiger partial charge in [-0.1, -0.05) is 36.4 Å². The monoisotopic (exact) mass is 397 g/mol. The summed E-state index contributed by atoms with van der Waals surface area (Å²) in [6.45, 7) is 9.09. The Bertz CT molecular complexity index is 782. The molecule has 1 amide bonds. The molecule has 0 spiro atoms. The molecule has 156 valence electrons. The van der Waals surface area contributed by atoms with Gasteiger partial charge in [0.05, 0.1) is 6.54 Å². The molecule has 0 radical (unpaired) electrons. The lowest BCUT2D eigenvalue weighted by molar-refractivity contribution is -0.118. The van der Waals surface area contributed by atoms with Gasteiger partial charge in [0.1, 0.15) is 11.9 Å². The number of carbonyl (C=O) groups is 1. The Morgan fingerprint density at radius 2 is 1.66 bits per heavy atom. The average molecular weight is 398 g/mol. The number of aliphatic hydroxyl groups excluding tert-OH is 1. The Hall–Kier alpha value is -2.41. The molecule has 1 aliphatic rings. The molecule has 2 N–H and O–H groups in total. The number of para-hydroxylation sites is 2. The topological polar surface area (TPSA) is 65.0 Å². The number of piperazine rings is 1. The molecule has 0 aliphatic carbocycles. The Labute approximate surface area is 173 Å². The zero-order valence-corrected chi connectivity index (χ0v) is 17.5. The van der Waals surface area contributed by atoms with Gasteiger partial charge in [0, 0.05) is 31.9 Å². The number of rotatable bonds is 7. The first-order chi connectivity index (χ1) is 13.9. The van der Waals surface area contributed by atoms with Gasteiger partial charge in [0.15, 0.2) is 6.23 Å². The van der Waals surface area contributed by atoms with E-state index in [1.807, 2.05) is 62.4 Å². The lowest BCUT2D eigenvalue weighted by atomic mass is 10.1. The summed E-state index contributed by atoms with van der Waals surface area (Å²) in [5.74, 6) is 0.747. The third kappa shape index (κ3) is 5.79. The zero-order valence-electron chi connectivity index (χ0n) is 17.5. The van der Waals surface area contributed by atoms with Crippen LogP contribution in [0.25, 0.3) is 0 Å². The van der Waals surface area contributed by atoms with Crippen molar-refractivity contribution in [2.24, 2.45) is 0 Å². The maximum atomic E-state index is 12.5. The van der Waals surface area contributed by atoms with Crippen molar-refractivity contribution in [3.8, 4) is 5.75 Å². The fraction of sp³-hybridized carbons (Fsp3) is 0.435.